The fourth-order valence-corrected chi connectivity index (χ4v) is 4.56. The molecule has 0 amide bonds. The zero-order valence-corrected chi connectivity index (χ0v) is 14.1. The van der Waals surface area contributed by atoms with Crippen molar-refractivity contribution >= 4 is 27.2 Å². The van der Waals surface area contributed by atoms with Gasteiger partial charge < -0.3 is 10.1 Å². The second kappa shape index (κ2) is 5.96. The van der Waals surface area contributed by atoms with E-state index in [4.69, 9.17) is 0 Å². The molecule has 2 N–H and O–H groups in total. The molecule has 0 bridgehead atoms. The van der Waals surface area contributed by atoms with Gasteiger partial charge in [-0.15, -0.1) is 11.3 Å². The Bertz CT molecular complexity index is 1050. The molecule has 0 spiro atoms. The first kappa shape index (κ1) is 15.8. The van der Waals surface area contributed by atoms with Crippen LogP contribution in [0, 0.1) is 10.1 Å². The molecule has 0 atom stereocenters. The smallest absolute Gasteiger partial charge is 0.311 e. The van der Waals surface area contributed by atoms with Crippen molar-refractivity contribution in [2.45, 2.75) is 32.1 Å². The molecule has 2 heterocycles. The van der Waals surface area contributed by atoms with Crippen LogP contribution in [0.5, 0.6) is 5.75 Å². The van der Waals surface area contributed by atoms with Gasteiger partial charge in [0.1, 0.15) is 10.7 Å². The van der Waals surface area contributed by atoms with Gasteiger partial charge in [0.25, 0.3) is 5.56 Å². The van der Waals surface area contributed by atoms with Gasteiger partial charge in [0.05, 0.1) is 10.3 Å². The largest absolute Gasteiger partial charge is 0.502 e. The molecule has 0 radical (unpaired) electrons. The number of H-pyrrole nitrogens is 1. The van der Waals surface area contributed by atoms with Crippen LogP contribution in [-0.2, 0) is 12.8 Å². The van der Waals surface area contributed by atoms with Crippen LogP contribution >= 0.6 is 11.3 Å². The minimum Gasteiger partial charge on any atom is -0.502 e. The number of aromatic amines is 1. The van der Waals surface area contributed by atoms with Crippen LogP contribution in [-0.4, -0.2) is 20.0 Å². The van der Waals surface area contributed by atoms with E-state index in [2.05, 4.69) is 9.97 Å². The molecule has 0 aliphatic heterocycles. The lowest BCUT2D eigenvalue weighted by Gasteiger charge is -2.03. The van der Waals surface area contributed by atoms with Crippen molar-refractivity contribution in [2.24, 2.45) is 0 Å². The minimum absolute atomic E-state index is 0.213. The first-order valence-electron chi connectivity index (χ1n) is 8.07. The third kappa shape index (κ3) is 2.68. The summed E-state index contributed by atoms with van der Waals surface area (Å²) in [6.45, 7) is 0. The number of nitrogens with zero attached hydrogens (tertiary/aromatic N) is 2. The summed E-state index contributed by atoms with van der Waals surface area (Å²) in [4.78, 5) is 32.1. The summed E-state index contributed by atoms with van der Waals surface area (Å²) in [5.41, 5.74) is 0.874. The standard InChI is InChI=1S/C17H15N3O4S/c21-12-7-6-9(8-11(12)20(23)24)15-18-16(22)14-10-4-2-1-3-5-13(10)25-17(14)19-15/h6-8,21H,1-5H2,(H,18,19,22). The molecule has 4 rings (SSSR count). The Labute approximate surface area is 146 Å². The Morgan fingerprint density at radius 2 is 2.04 bits per heavy atom. The Morgan fingerprint density at radius 3 is 2.84 bits per heavy atom. The zero-order chi connectivity index (χ0) is 17.6. The van der Waals surface area contributed by atoms with Crippen molar-refractivity contribution in [3.63, 3.8) is 0 Å². The van der Waals surface area contributed by atoms with Crippen LogP contribution in [0.2, 0.25) is 0 Å². The molecule has 0 saturated heterocycles. The van der Waals surface area contributed by atoms with Gasteiger partial charge in [0.2, 0.25) is 0 Å². The highest BCUT2D eigenvalue weighted by Crippen LogP contribution is 2.34. The number of benzene rings is 1. The van der Waals surface area contributed by atoms with E-state index in [-0.39, 0.29) is 11.4 Å². The molecule has 7 nitrogen and oxygen atoms in total. The summed E-state index contributed by atoms with van der Waals surface area (Å²) in [5.74, 6) is -0.142. The van der Waals surface area contributed by atoms with Crippen molar-refractivity contribution in [1.29, 1.82) is 0 Å². The van der Waals surface area contributed by atoms with Gasteiger partial charge in [0, 0.05) is 16.5 Å². The van der Waals surface area contributed by atoms with Gasteiger partial charge in [-0.05, 0) is 43.4 Å². The number of nitro benzene ring substituents is 1. The molecule has 0 fully saturated rings. The third-order valence-corrected chi connectivity index (χ3v) is 5.71. The summed E-state index contributed by atoms with van der Waals surface area (Å²) in [6, 6.07) is 3.96. The molecule has 8 heteroatoms. The third-order valence-electron chi connectivity index (χ3n) is 4.52. The summed E-state index contributed by atoms with van der Waals surface area (Å²) in [7, 11) is 0. The van der Waals surface area contributed by atoms with Crippen molar-refractivity contribution in [1.82, 2.24) is 9.97 Å². The van der Waals surface area contributed by atoms with Crippen LogP contribution in [0.1, 0.15) is 29.7 Å². The van der Waals surface area contributed by atoms with Gasteiger partial charge in [-0.1, -0.05) is 6.42 Å². The molecule has 1 aliphatic carbocycles. The van der Waals surface area contributed by atoms with Gasteiger partial charge in [-0.25, -0.2) is 4.98 Å². The Morgan fingerprint density at radius 1 is 1.24 bits per heavy atom. The molecule has 3 aromatic rings. The number of thiophene rings is 1. The van der Waals surface area contributed by atoms with Crippen LogP contribution in [0.3, 0.4) is 0 Å². The average molecular weight is 357 g/mol. The molecule has 25 heavy (non-hydrogen) atoms. The maximum atomic E-state index is 12.6. The van der Waals surface area contributed by atoms with Gasteiger partial charge in [0.15, 0.2) is 5.75 Å². The quantitative estimate of drug-likeness (QED) is 0.414. The summed E-state index contributed by atoms with van der Waals surface area (Å²) in [5, 5.41) is 21.2. The number of aryl methyl sites for hydroxylation is 2. The number of nitrogens with one attached hydrogen (secondary N) is 1. The molecule has 0 saturated carbocycles. The van der Waals surface area contributed by atoms with Crippen molar-refractivity contribution < 1.29 is 10.0 Å². The first-order valence-corrected chi connectivity index (χ1v) is 8.88. The predicted molar refractivity (Wildman–Crippen MR) is 95.3 cm³/mol. The zero-order valence-electron chi connectivity index (χ0n) is 13.2. The molecule has 1 aliphatic rings. The highest BCUT2D eigenvalue weighted by molar-refractivity contribution is 7.18. The monoisotopic (exact) mass is 357 g/mol. The number of hydrogen-bond acceptors (Lipinski definition) is 6. The second-order valence-electron chi connectivity index (χ2n) is 6.12. The topological polar surface area (TPSA) is 109 Å². The van der Waals surface area contributed by atoms with Crippen LogP contribution in [0.15, 0.2) is 23.0 Å². The Kier molecular flexibility index (Phi) is 3.76. The van der Waals surface area contributed by atoms with Crippen molar-refractivity contribution in [3.8, 4) is 17.1 Å². The van der Waals surface area contributed by atoms with E-state index >= 15 is 0 Å². The maximum Gasteiger partial charge on any atom is 0.311 e. The number of fused-ring (bicyclic) bond motifs is 3. The number of aromatic nitrogens is 2. The first-order chi connectivity index (χ1) is 12.0. The molecule has 0 unspecified atom stereocenters. The number of rotatable bonds is 2. The highest BCUT2D eigenvalue weighted by atomic mass is 32.1. The number of aromatic hydroxyl groups is 1. The van der Waals surface area contributed by atoms with E-state index in [1.54, 1.807) is 0 Å². The van der Waals surface area contributed by atoms with Crippen LogP contribution in [0.4, 0.5) is 5.69 Å². The number of phenols is 1. The van der Waals surface area contributed by atoms with E-state index in [9.17, 15) is 20.0 Å². The van der Waals surface area contributed by atoms with Crippen LogP contribution < -0.4 is 5.56 Å². The molecular weight excluding hydrogens is 342 g/mol. The number of nitro groups is 1. The number of hydrogen-bond donors (Lipinski definition) is 2. The summed E-state index contributed by atoms with van der Waals surface area (Å²) >= 11 is 1.54. The lowest BCUT2D eigenvalue weighted by Crippen LogP contribution is -2.10. The minimum atomic E-state index is -0.664. The SMILES string of the molecule is O=c1[nH]c(-c2ccc(O)c([N+](=O)[O-])c2)nc2sc3c(c12)CCCCC3. The van der Waals surface area contributed by atoms with E-state index in [1.165, 1.54) is 40.8 Å². The van der Waals surface area contributed by atoms with E-state index < -0.39 is 16.4 Å². The van der Waals surface area contributed by atoms with Crippen LogP contribution in [0.25, 0.3) is 21.6 Å². The Balaban J connectivity index is 1.89. The van der Waals surface area contributed by atoms with Gasteiger partial charge >= 0.3 is 5.69 Å². The fourth-order valence-electron chi connectivity index (χ4n) is 3.29. The molecule has 2 aromatic heterocycles. The van der Waals surface area contributed by atoms with Crippen molar-refractivity contribution in [3.05, 3.63) is 49.1 Å². The summed E-state index contributed by atoms with van der Waals surface area (Å²) in [6.07, 6.45) is 5.22. The van der Waals surface area contributed by atoms with E-state index in [0.717, 1.165) is 31.2 Å². The molecule has 1 aromatic carbocycles. The highest BCUT2D eigenvalue weighted by Gasteiger charge is 2.20. The average Bonchev–Trinajstić information content (AvgIpc) is 2.77. The lowest BCUT2D eigenvalue weighted by atomic mass is 10.1. The fraction of sp³-hybridized carbons (Fsp3) is 0.294. The second-order valence-corrected chi connectivity index (χ2v) is 7.20. The number of phenolic OH excluding ortho intramolecular Hbond substituents is 1. The molecular formula is C17H15N3O4S. The van der Waals surface area contributed by atoms with E-state index in [0.29, 0.717) is 15.8 Å². The predicted octanol–water partition coefficient (Wildman–Crippen LogP) is 3.53. The molecule has 128 valence electrons. The van der Waals surface area contributed by atoms with E-state index in [1.807, 2.05) is 0 Å². The van der Waals surface area contributed by atoms with Gasteiger partial charge in [-0.3, -0.25) is 14.9 Å². The Hall–Kier alpha value is -2.74. The van der Waals surface area contributed by atoms with Crippen molar-refractivity contribution in [2.75, 3.05) is 0 Å². The van der Waals surface area contributed by atoms with Gasteiger partial charge in [-0.2, -0.15) is 0 Å². The lowest BCUT2D eigenvalue weighted by molar-refractivity contribution is -0.385. The normalized spacial score (nSPS) is 14.2. The summed E-state index contributed by atoms with van der Waals surface area (Å²) < 4.78 is 0. The maximum absolute atomic E-state index is 12.6.